The van der Waals surface area contributed by atoms with Gasteiger partial charge in [0.05, 0.1) is 0 Å². The van der Waals surface area contributed by atoms with Crippen molar-refractivity contribution in [1.82, 2.24) is 5.32 Å². The normalized spacial score (nSPS) is 11.4. The molecule has 0 aliphatic carbocycles. The van der Waals surface area contributed by atoms with Gasteiger partial charge in [0.15, 0.2) is 0 Å². The van der Waals surface area contributed by atoms with Crippen molar-refractivity contribution >= 4 is 29.6 Å². The molecule has 0 unspecified atom stereocenters. The van der Waals surface area contributed by atoms with Gasteiger partial charge in [-0.1, -0.05) is 30.3 Å². The lowest BCUT2D eigenvalue weighted by atomic mass is 10.1. The Balaban J connectivity index is 2.04. The molecule has 190 valence electrons. The van der Waals surface area contributed by atoms with E-state index in [-0.39, 0.29) is 25.0 Å². The lowest BCUT2D eigenvalue weighted by Crippen LogP contribution is -2.44. The van der Waals surface area contributed by atoms with Crippen LogP contribution in [0.3, 0.4) is 0 Å². The molecule has 0 bridgehead atoms. The molecular weight excluding hydrogens is 466 g/mol. The van der Waals surface area contributed by atoms with E-state index in [2.05, 4.69) is 15.3 Å². The smallest absolute Gasteiger partial charge is 0.414 e. The molecule has 0 fully saturated rings. The van der Waals surface area contributed by atoms with Crippen LogP contribution in [0.2, 0.25) is 0 Å². The van der Waals surface area contributed by atoms with E-state index in [4.69, 9.17) is 15.0 Å². The molecular formula is C25H29N5O6. The minimum absolute atomic E-state index is 0.105. The zero-order valence-corrected chi connectivity index (χ0v) is 20.6. The molecule has 0 aliphatic rings. The zero-order chi connectivity index (χ0) is 26.7. The number of carbonyl (C=O) groups is 4. The van der Waals surface area contributed by atoms with Gasteiger partial charge in [-0.15, -0.1) is 0 Å². The van der Waals surface area contributed by atoms with Gasteiger partial charge >= 0.3 is 12.1 Å². The van der Waals surface area contributed by atoms with E-state index >= 15 is 0 Å². The molecule has 36 heavy (non-hydrogen) atoms. The Kier molecular flexibility index (Phi) is 10.00. The van der Waals surface area contributed by atoms with Gasteiger partial charge < -0.3 is 14.8 Å². The summed E-state index contributed by atoms with van der Waals surface area (Å²) in [6, 6.07) is 14.2. The molecule has 3 amide bonds. The van der Waals surface area contributed by atoms with Gasteiger partial charge in [-0.3, -0.25) is 14.5 Å². The number of ether oxygens (including phenoxy) is 2. The van der Waals surface area contributed by atoms with Crippen LogP contribution in [0.15, 0.2) is 59.7 Å². The summed E-state index contributed by atoms with van der Waals surface area (Å²) in [7, 11) is 1.54. The molecule has 0 aromatic heterocycles. The number of rotatable bonds is 9. The second-order valence-electron chi connectivity index (χ2n) is 8.83. The van der Waals surface area contributed by atoms with Gasteiger partial charge in [0, 0.05) is 29.6 Å². The number of anilines is 1. The average Bonchev–Trinajstić information content (AvgIpc) is 2.84. The number of nitrogens with one attached hydrogen (secondary N) is 1. The van der Waals surface area contributed by atoms with Gasteiger partial charge in [0.25, 0.3) is 5.91 Å². The summed E-state index contributed by atoms with van der Waals surface area (Å²) in [5.74, 6) is -2.06. The number of esters is 1. The first-order chi connectivity index (χ1) is 17.0. The standard InChI is InChI=1S/C25H29N5O6/c1-25(2,3)36-23(33)20(14-15-21(31)28-29-26)27-22(32)18-10-12-19(13-11-18)30(4)24(34)35-16-17-8-6-5-7-9-17/h5-13,20H,14-16H2,1-4H3,(H,27,32)/t20-/m0/s1. The number of nitrogens with zero attached hydrogens (tertiary/aromatic N) is 4. The summed E-state index contributed by atoms with van der Waals surface area (Å²) in [6.45, 7) is 5.15. The van der Waals surface area contributed by atoms with Crippen LogP contribution in [-0.2, 0) is 25.7 Å². The summed E-state index contributed by atoms with van der Waals surface area (Å²) in [6.07, 6.45) is -0.916. The monoisotopic (exact) mass is 495 g/mol. The van der Waals surface area contributed by atoms with Gasteiger partial charge in [0.1, 0.15) is 18.2 Å². The Morgan fingerprint density at radius 2 is 1.69 bits per heavy atom. The minimum Gasteiger partial charge on any atom is -0.458 e. The Bertz CT molecular complexity index is 1120. The summed E-state index contributed by atoms with van der Waals surface area (Å²) in [5, 5.41) is 5.53. The molecule has 2 aromatic carbocycles. The molecule has 0 aliphatic heterocycles. The highest BCUT2D eigenvalue weighted by molar-refractivity contribution is 5.97. The fourth-order valence-electron chi connectivity index (χ4n) is 2.99. The SMILES string of the molecule is CN(C(=O)OCc1ccccc1)c1ccc(C(=O)N[C@@H](CCC(=O)N=[N+]=[N-])C(=O)OC(C)(C)C)cc1. The highest BCUT2D eigenvalue weighted by Gasteiger charge is 2.27. The largest absolute Gasteiger partial charge is 0.458 e. The third-order valence-electron chi connectivity index (χ3n) is 4.80. The third kappa shape index (κ3) is 9.11. The molecule has 2 rings (SSSR count). The van der Waals surface area contributed by atoms with Crippen LogP contribution in [0.5, 0.6) is 0 Å². The third-order valence-corrected chi connectivity index (χ3v) is 4.80. The predicted molar refractivity (Wildman–Crippen MR) is 132 cm³/mol. The van der Waals surface area contributed by atoms with Crippen molar-refractivity contribution in [3.05, 3.63) is 76.2 Å². The van der Waals surface area contributed by atoms with Crippen molar-refractivity contribution < 1.29 is 28.7 Å². The molecule has 0 heterocycles. The molecule has 0 saturated carbocycles. The number of hydrogen-bond acceptors (Lipinski definition) is 6. The van der Waals surface area contributed by atoms with Crippen molar-refractivity contribution in [2.75, 3.05) is 11.9 Å². The van der Waals surface area contributed by atoms with Crippen LogP contribution in [0.1, 0.15) is 49.5 Å². The van der Waals surface area contributed by atoms with E-state index in [1.54, 1.807) is 40.0 Å². The Hall–Kier alpha value is -4.37. The van der Waals surface area contributed by atoms with E-state index < -0.39 is 35.5 Å². The fraction of sp³-hybridized carbons (Fsp3) is 0.360. The van der Waals surface area contributed by atoms with E-state index in [0.717, 1.165) is 5.56 Å². The van der Waals surface area contributed by atoms with Crippen LogP contribution in [0.25, 0.3) is 10.4 Å². The van der Waals surface area contributed by atoms with Crippen molar-refractivity contribution in [1.29, 1.82) is 0 Å². The maximum absolute atomic E-state index is 12.8. The summed E-state index contributed by atoms with van der Waals surface area (Å²) < 4.78 is 10.6. The maximum atomic E-state index is 12.8. The van der Waals surface area contributed by atoms with Crippen LogP contribution < -0.4 is 10.2 Å². The molecule has 0 radical (unpaired) electrons. The molecule has 11 nitrogen and oxygen atoms in total. The second-order valence-corrected chi connectivity index (χ2v) is 8.83. The summed E-state index contributed by atoms with van der Waals surface area (Å²) in [5.41, 5.74) is 9.14. The zero-order valence-electron chi connectivity index (χ0n) is 20.6. The lowest BCUT2D eigenvalue weighted by molar-refractivity contribution is -0.157. The predicted octanol–water partition coefficient (Wildman–Crippen LogP) is 4.52. The lowest BCUT2D eigenvalue weighted by Gasteiger charge is -2.24. The van der Waals surface area contributed by atoms with Crippen molar-refractivity contribution in [2.24, 2.45) is 5.11 Å². The average molecular weight is 496 g/mol. The molecule has 11 heteroatoms. The number of amides is 3. The first-order valence-electron chi connectivity index (χ1n) is 11.2. The molecule has 0 spiro atoms. The fourth-order valence-corrected chi connectivity index (χ4v) is 2.99. The van der Waals surface area contributed by atoms with E-state index in [9.17, 15) is 19.2 Å². The minimum atomic E-state index is -1.13. The van der Waals surface area contributed by atoms with E-state index in [1.165, 1.54) is 17.0 Å². The van der Waals surface area contributed by atoms with E-state index in [1.807, 2.05) is 30.3 Å². The highest BCUT2D eigenvalue weighted by Crippen LogP contribution is 2.17. The first kappa shape index (κ1) is 27.9. The van der Waals surface area contributed by atoms with Gasteiger partial charge in [-0.05, 0) is 67.7 Å². The van der Waals surface area contributed by atoms with Gasteiger partial charge in [-0.2, -0.15) is 0 Å². The Morgan fingerprint density at radius 1 is 1.06 bits per heavy atom. The Labute approximate surface area is 209 Å². The van der Waals surface area contributed by atoms with Crippen LogP contribution >= 0.6 is 0 Å². The number of hydrogen-bond donors (Lipinski definition) is 1. The number of azide groups is 1. The number of carbonyl (C=O) groups excluding carboxylic acids is 4. The highest BCUT2D eigenvalue weighted by atomic mass is 16.6. The van der Waals surface area contributed by atoms with E-state index in [0.29, 0.717) is 5.69 Å². The van der Waals surface area contributed by atoms with Crippen molar-refractivity contribution in [3.63, 3.8) is 0 Å². The molecule has 2 aromatic rings. The number of benzene rings is 2. The van der Waals surface area contributed by atoms with Crippen molar-refractivity contribution in [3.8, 4) is 0 Å². The topological polar surface area (TPSA) is 151 Å². The van der Waals surface area contributed by atoms with Crippen LogP contribution in [-0.4, -0.2) is 42.6 Å². The van der Waals surface area contributed by atoms with Gasteiger partial charge in [-0.25, -0.2) is 9.59 Å². The first-order valence-corrected chi connectivity index (χ1v) is 11.2. The summed E-state index contributed by atoms with van der Waals surface area (Å²) >= 11 is 0. The summed E-state index contributed by atoms with van der Waals surface area (Å²) in [4.78, 5) is 53.0. The van der Waals surface area contributed by atoms with Crippen molar-refractivity contribution in [2.45, 2.75) is 51.9 Å². The second kappa shape index (κ2) is 12.9. The van der Waals surface area contributed by atoms with Gasteiger partial charge in [0.2, 0.25) is 5.91 Å². The van der Waals surface area contributed by atoms with Crippen LogP contribution in [0, 0.1) is 0 Å². The van der Waals surface area contributed by atoms with Crippen LogP contribution in [0.4, 0.5) is 10.5 Å². The maximum Gasteiger partial charge on any atom is 0.414 e. The molecule has 1 atom stereocenters. The molecule has 1 N–H and O–H groups in total. The Morgan fingerprint density at radius 3 is 2.28 bits per heavy atom. The quantitative estimate of drug-likeness (QED) is 0.234. The molecule has 0 saturated heterocycles.